The maximum absolute atomic E-state index is 12.0. The maximum Gasteiger partial charge on any atom is 0.185 e. The number of carbonyl (C=O) groups excluding carboxylic acids is 1. The highest BCUT2D eigenvalue weighted by Crippen LogP contribution is 2.07. The number of hydrogen-bond acceptors (Lipinski definition) is 1. The minimum absolute atomic E-state index is 0.00223. The maximum atomic E-state index is 12.0. The number of carbonyl (C=O) groups is 1. The molecule has 0 N–H and O–H groups in total. The van der Waals surface area contributed by atoms with Crippen LogP contribution in [0.4, 0.5) is 0 Å². The molecule has 0 unspecified atom stereocenters. The van der Waals surface area contributed by atoms with Crippen molar-refractivity contribution in [1.82, 2.24) is 0 Å². The van der Waals surface area contributed by atoms with Crippen molar-refractivity contribution in [3.63, 3.8) is 0 Å². The molecule has 0 saturated carbocycles. The predicted molar refractivity (Wildman–Crippen MR) is 80.4 cm³/mol. The molecule has 0 spiro atoms. The second-order valence-corrected chi connectivity index (χ2v) is 3.92. The predicted octanol–water partition coefficient (Wildman–Crippen LogP) is 4.71. The molecule has 1 heteroatoms. The standard InChI is InChI=1S/C17H22O/c1-6-9-11-16(10-7-2)17(18)13-12-15(5)14(4)8-3/h6-13H,3H2,1-2,4-5H3/b9-6+,10-7+,13-12+,15-14-,16-11+. The van der Waals surface area contributed by atoms with Gasteiger partial charge in [0.2, 0.25) is 0 Å². The van der Waals surface area contributed by atoms with E-state index in [1.165, 1.54) is 0 Å². The summed E-state index contributed by atoms with van der Waals surface area (Å²) >= 11 is 0. The number of hydrogen-bond donors (Lipinski definition) is 0. The highest BCUT2D eigenvalue weighted by Gasteiger charge is 2.00. The van der Waals surface area contributed by atoms with E-state index in [1.54, 1.807) is 12.2 Å². The van der Waals surface area contributed by atoms with Crippen LogP contribution in [0.25, 0.3) is 0 Å². The van der Waals surface area contributed by atoms with Gasteiger partial charge >= 0.3 is 0 Å². The average Bonchev–Trinajstić information content (AvgIpc) is 2.39. The molecule has 1 nitrogen and oxygen atoms in total. The summed E-state index contributed by atoms with van der Waals surface area (Å²) in [5, 5.41) is 0. The summed E-state index contributed by atoms with van der Waals surface area (Å²) < 4.78 is 0. The molecule has 0 atom stereocenters. The summed E-state index contributed by atoms with van der Waals surface area (Å²) in [5.74, 6) is 0.00223. The fourth-order valence-corrected chi connectivity index (χ4v) is 1.19. The number of allylic oxidation sites excluding steroid dienone is 11. The smallest absolute Gasteiger partial charge is 0.185 e. The van der Waals surface area contributed by atoms with Gasteiger partial charge in [-0.05, 0) is 44.9 Å². The Morgan fingerprint density at radius 2 is 1.61 bits per heavy atom. The zero-order chi connectivity index (χ0) is 14.0. The van der Waals surface area contributed by atoms with Crippen molar-refractivity contribution in [2.75, 3.05) is 0 Å². The van der Waals surface area contributed by atoms with Gasteiger partial charge < -0.3 is 0 Å². The third-order valence-corrected chi connectivity index (χ3v) is 2.51. The molecule has 0 amide bonds. The molecule has 0 aliphatic rings. The summed E-state index contributed by atoms with van der Waals surface area (Å²) in [6.07, 6.45) is 14.4. The lowest BCUT2D eigenvalue weighted by molar-refractivity contribution is -0.111. The van der Waals surface area contributed by atoms with Crippen LogP contribution < -0.4 is 0 Å². The highest BCUT2D eigenvalue weighted by molar-refractivity contribution is 6.06. The molecule has 0 aromatic carbocycles. The Morgan fingerprint density at radius 3 is 2.11 bits per heavy atom. The normalized spacial score (nSPS) is 14.6. The zero-order valence-corrected chi connectivity index (χ0v) is 11.7. The van der Waals surface area contributed by atoms with Gasteiger partial charge in [-0.25, -0.2) is 0 Å². The van der Waals surface area contributed by atoms with Gasteiger partial charge in [-0.15, -0.1) is 0 Å². The quantitative estimate of drug-likeness (QED) is 0.487. The van der Waals surface area contributed by atoms with Crippen molar-refractivity contribution < 1.29 is 4.79 Å². The van der Waals surface area contributed by atoms with Gasteiger partial charge in [0.15, 0.2) is 5.78 Å². The van der Waals surface area contributed by atoms with Crippen molar-refractivity contribution in [3.05, 3.63) is 71.9 Å². The molecule has 18 heavy (non-hydrogen) atoms. The molecule has 0 aliphatic carbocycles. The van der Waals surface area contributed by atoms with E-state index >= 15 is 0 Å². The van der Waals surface area contributed by atoms with Crippen LogP contribution in [0.5, 0.6) is 0 Å². The van der Waals surface area contributed by atoms with Crippen LogP contribution in [0.15, 0.2) is 71.9 Å². The zero-order valence-electron chi connectivity index (χ0n) is 11.7. The van der Waals surface area contributed by atoms with E-state index in [9.17, 15) is 4.79 Å². The summed E-state index contributed by atoms with van der Waals surface area (Å²) in [7, 11) is 0. The van der Waals surface area contributed by atoms with Crippen molar-refractivity contribution in [2.45, 2.75) is 27.7 Å². The molecule has 0 aromatic heterocycles. The van der Waals surface area contributed by atoms with Crippen LogP contribution >= 0.6 is 0 Å². The molecule has 0 fully saturated rings. The lowest BCUT2D eigenvalue weighted by atomic mass is 10.1. The van der Waals surface area contributed by atoms with E-state index in [2.05, 4.69) is 6.58 Å². The van der Waals surface area contributed by atoms with Gasteiger partial charge in [0.25, 0.3) is 0 Å². The van der Waals surface area contributed by atoms with Crippen LogP contribution in [0.1, 0.15) is 27.7 Å². The Bertz CT molecular complexity index is 440. The lowest BCUT2D eigenvalue weighted by Crippen LogP contribution is -1.95. The lowest BCUT2D eigenvalue weighted by Gasteiger charge is -1.98. The third-order valence-electron chi connectivity index (χ3n) is 2.51. The molecular formula is C17H22O. The molecule has 0 aliphatic heterocycles. The first kappa shape index (κ1) is 16.1. The van der Waals surface area contributed by atoms with E-state index in [0.29, 0.717) is 5.57 Å². The Morgan fingerprint density at radius 1 is 0.944 bits per heavy atom. The first-order chi connectivity index (χ1) is 8.56. The Kier molecular flexibility index (Phi) is 8.21. The Balaban J connectivity index is 5.04. The van der Waals surface area contributed by atoms with E-state index in [-0.39, 0.29) is 5.78 Å². The van der Waals surface area contributed by atoms with E-state index in [1.807, 2.05) is 64.2 Å². The summed E-state index contributed by atoms with van der Waals surface area (Å²) in [6.45, 7) is 11.5. The minimum atomic E-state index is 0.00223. The SMILES string of the molecule is C=C/C(C)=C(C)\C=C\C(=O)C(/C=C/C)=C/C=C/C. The molecule has 0 aromatic rings. The van der Waals surface area contributed by atoms with Gasteiger partial charge in [0.05, 0.1) is 0 Å². The van der Waals surface area contributed by atoms with E-state index in [4.69, 9.17) is 0 Å². The van der Waals surface area contributed by atoms with Crippen LogP contribution in [0.2, 0.25) is 0 Å². The topological polar surface area (TPSA) is 17.1 Å². The Hall–Kier alpha value is -1.89. The van der Waals surface area contributed by atoms with E-state index in [0.717, 1.165) is 11.1 Å². The first-order valence-corrected chi connectivity index (χ1v) is 6.04. The molecule has 0 bridgehead atoms. The van der Waals surface area contributed by atoms with Crippen molar-refractivity contribution >= 4 is 5.78 Å². The summed E-state index contributed by atoms with van der Waals surface area (Å²) in [4.78, 5) is 12.0. The fraction of sp³-hybridized carbons (Fsp3) is 0.235. The third kappa shape index (κ3) is 6.00. The molecule has 0 saturated heterocycles. The van der Waals surface area contributed by atoms with Gasteiger partial charge in [-0.3, -0.25) is 4.79 Å². The second kappa shape index (κ2) is 9.17. The van der Waals surface area contributed by atoms with Crippen LogP contribution in [0, 0.1) is 0 Å². The van der Waals surface area contributed by atoms with Crippen molar-refractivity contribution in [1.29, 1.82) is 0 Å². The number of rotatable bonds is 6. The largest absolute Gasteiger partial charge is 0.289 e. The molecule has 0 rings (SSSR count). The average molecular weight is 242 g/mol. The van der Waals surface area contributed by atoms with Crippen LogP contribution in [-0.4, -0.2) is 5.78 Å². The summed E-state index contributed by atoms with van der Waals surface area (Å²) in [6, 6.07) is 0. The van der Waals surface area contributed by atoms with Crippen molar-refractivity contribution in [3.8, 4) is 0 Å². The first-order valence-electron chi connectivity index (χ1n) is 6.04. The fourth-order valence-electron chi connectivity index (χ4n) is 1.19. The van der Waals surface area contributed by atoms with Gasteiger partial charge in [-0.1, -0.05) is 49.1 Å². The monoisotopic (exact) mass is 242 g/mol. The molecule has 96 valence electrons. The molecular weight excluding hydrogens is 220 g/mol. The second-order valence-electron chi connectivity index (χ2n) is 3.92. The Labute approximate surface area is 111 Å². The van der Waals surface area contributed by atoms with E-state index < -0.39 is 0 Å². The minimum Gasteiger partial charge on any atom is -0.289 e. The van der Waals surface area contributed by atoms with Crippen LogP contribution in [0.3, 0.4) is 0 Å². The molecule has 0 radical (unpaired) electrons. The molecule has 0 heterocycles. The van der Waals surface area contributed by atoms with Gasteiger partial charge in [0.1, 0.15) is 0 Å². The van der Waals surface area contributed by atoms with Crippen molar-refractivity contribution in [2.24, 2.45) is 0 Å². The number of ketones is 1. The summed E-state index contributed by atoms with van der Waals surface area (Å²) in [5.41, 5.74) is 2.80. The highest BCUT2D eigenvalue weighted by atomic mass is 16.1. The van der Waals surface area contributed by atoms with Gasteiger partial charge in [0, 0.05) is 5.57 Å². The van der Waals surface area contributed by atoms with Gasteiger partial charge in [-0.2, -0.15) is 0 Å². The van der Waals surface area contributed by atoms with Crippen LogP contribution in [-0.2, 0) is 4.79 Å².